The SMILES string of the molecule is COCC(=O)N(Cc1ccccc1OS(C)(=O)=O)CC1CC1. The molecule has 0 saturated heterocycles. The number of benzene rings is 1. The Morgan fingerprint density at radius 3 is 2.59 bits per heavy atom. The molecule has 0 aromatic heterocycles. The summed E-state index contributed by atoms with van der Waals surface area (Å²) in [6.45, 7) is 0.988. The normalized spacial score (nSPS) is 14.6. The average molecular weight is 327 g/mol. The number of nitrogens with zero attached hydrogens (tertiary/aromatic N) is 1. The van der Waals surface area contributed by atoms with Crippen molar-refractivity contribution < 1.29 is 22.1 Å². The summed E-state index contributed by atoms with van der Waals surface area (Å²) in [5.41, 5.74) is 0.665. The third-order valence-corrected chi connectivity index (χ3v) is 3.85. The summed E-state index contributed by atoms with van der Waals surface area (Å²) >= 11 is 0. The third kappa shape index (κ3) is 5.31. The largest absolute Gasteiger partial charge is 0.382 e. The van der Waals surface area contributed by atoms with E-state index in [-0.39, 0.29) is 18.3 Å². The number of rotatable bonds is 8. The highest BCUT2D eigenvalue weighted by molar-refractivity contribution is 7.86. The van der Waals surface area contributed by atoms with Gasteiger partial charge in [-0.1, -0.05) is 18.2 Å². The van der Waals surface area contributed by atoms with Crippen LogP contribution in [0.15, 0.2) is 24.3 Å². The van der Waals surface area contributed by atoms with Crippen LogP contribution in [0.5, 0.6) is 5.75 Å². The standard InChI is InChI=1S/C15H21NO5S/c1-20-11-15(17)16(9-12-7-8-12)10-13-5-3-4-6-14(13)21-22(2,18)19/h3-6,12H,7-11H2,1-2H3. The van der Waals surface area contributed by atoms with E-state index in [9.17, 15) is 13.2 Å². The Morgan fingerprint density at radius 1 is 1.32 bits per heavy atom. The lowest BCUT2D eigenvalue weighted by Gasteiger charge is -2.23. The molecule has 6 nitrogen and oxygen atoms in total. The Labute approximate surface area is 131 Å². The summed E-state index contributed by atoms with van der Waals surface area (Å²) < 4.78 is 32.6. The summed E-state index contributed by atoms with van der Waals surface area (Å²) in [6.07, 6.45) is 3.25. The molecular formula is C15H21NO5S. The van der Waals surface area contributed by atoms with Gasteiger partial charge in [-0.15, -0.1) is 0 Å². The molecule has 7 heteroatoms. The Hall–Kier alpha value is -1.60. The molecule has 1 aliphatic carbocycles. The average Bonchev–Trinajstić information content (AvgIpc) is 3.22. The van der Waals surface area contributed by atoms with Gasteiger partial charge in [-0.2, -0.15) is 8.42 Å². The molecule has 1 aromatic carbocycles. The Balaban J connectivity index is 2.16. The molecule has 0 aliphatic heterocycles. The first-order chi connectivity index (χ1) is 10.4. The van der Waals surface area contributed by atoms with Crippen molar-refractivity contribution >= 4 is 16.0 Å². The van der Waals surface area contributed by atoms with Crippen molar-refractivity contribution in [1.82, 2.24) is 4.90 Å². The molecular weight excluding hydrogens is 306 g/mol. The van der Waals surface area contributed by atoms with Gasteiger partial charge in [0.1, 0.15) is 12.4 Å². The van der Waals surface area contributed by atoms with E-state index in [0.717, 1.165) is 19.1 Å². The molecule has 0 bridgehead atoms. The molecule has 1 aliphatic rings. The van der Waals surface area contributed by atoms with Gasteiger partial charge in [0.2, 0.25) is 5.91 Å². The predicted octanol–water partition coefficient (Wildman–Crippen LogP) is 1.41. The monoisotopic (exact) mass is 327 g/mol. The number of hydrogen-bond donors (Lipinski definition) is 0. The van der Waals surface area contributed by atoms with Crippen molar-refractivity contribution in [2.75, 3.05) is 26.5 Å². The van der Waals surface area contributed by atoms with Gasteiger partial charge >= 0.3 is 10.1 Å². The molecule has 0 unspecified atom stereocenters. The fraction of sp³-hybridized carbons (Fsp3) is 0.533. The molecule has 0 heterocycles. The van der Waals surface area contributed by atoms with Crippen molar-refractivity contribution in [3.63, 3.8) is 0 Å². The second-order valence-electron chi connectivity index (χ2n) is 5.55. The van der Waals surface area contributed by atoms with E-state index >= 15 is 0 Å². The van der Waals surface area contributed by atoms with Crippen LogP contribution in [0.2, 0.25) is 0 Å². The zero-order chi connectivity index (χ0) is 16.2. The number of methoxy groups -OCH3 is 1. The Kier molecular flexibility index (Phi) is 5.42. The molecule has 22 heavy (non-hydrogen) atoms. The first-order valence-corrected chi connectivity index (χ1v) is 8.95. The fourth-order valence-corrected chi connectivity index (χ4v) is 2.65. The highest BCUT2D eigenvalue weighted by Gasteiger charge is 2.27. The van der Waals surface area contributed by atoms with E-state index in [2.05, 4.69) is 0 Å². The lowest BCUT2D eigenvalue weighted by Crippen LogP contribution is -2.35. The fourth-order valence-electron chi connectivity index (χ4n) is 2.17. The number of carbonyl (C=O) groups is 1. The molecule has 2 rings (SSSR count). The van der Waals surface area contributed by atoms with Crippen LogP contribution in [0.3, 0.4) is 0 Å². The molecule has 0 spiro atoms. The molecule has 1 aromatic rings. The maximum Gasteiger partial charge on any atom is 0.306 e. The maximum atomic E-state index is 12.1. The quantitative estimate of drug-likeness (QED) is 0.675. The maximum absolute atomic E-state index is 12.1. The topological polar surface area (TPSA) is 72.9 Å². The first-order valence-electron chi connectivity index (χ1n) is 7.13. The highest BCUT2D eigenvalue weighted by Crippen LogP contribution is 2.31. The summed E-state index contributed by atoms with van der Waals surface area (Å²) in [5.74, 6) is 0.684. The number of ether oxygens (including phenoxy) is 1. The van der Waals surface area contributed by atoms with Gasteiger partial charge in [0.05, 0.1) is 6.26 Å². The minimum Gasteiger partial charge on any atom is -0.382 e. The van der Waals surface area contributed by atoms with Crippen molar-refractivity contribution in [2.45, 2.75) is 19.4 Å². The summed E-state index contributed by atoms with van der Waals surface area (Å²) in [4.78, 5) is 13.8. The van der Waals surface area contributed by atoms with Crippen LogP contribution in [0.25, 0.3) is 0 Å². The van der Waals surface area contributed by atoms with Gasteiger partial charge in [-0.3, -0.25) is 4.79 Å². The van der Waals surface area contributed by atoms with Crippen molar-refractivity contribution in [1.29, 1.82) is 0 Å². The van der Waals surface area contributed by atoms with E-state index in [1.807, 2.05) is 0 Å². The van der Waals surface area contributed by atoms with Gasteiger partial charge in [0, 0.05) is 25.8 Å². The van der Waals surface area contributed by atoms with E-state index in [4.69, 9.17) is 8.92 Å². The Morgan fingerprint density at radius 2 is 2.00 bits per heavy atom. The van der Waals surface area contributed by atoms with Gasteiger partial charge in [0.15, 0.2) is 0 Å². The summed E-state index contributed by atoms with van der Waals surface area (Å²) in [7, 11) is -2.12. The lowest BCUT2D eigenvalue weighted by molar-refractivity contribution is -0.136. The number of carbonyl (C=O) groups excluding carboxylic acids is 1. The number of para-hydroxylation sites is 1. The number of hydrogen-bond acceptors (Lipinski definition) is 5. The van der Waals surface area contributed by atoms with Crippen LogP contribution in [-0.2, 0) is 26.2 Å². The zero-order valence-corrected chi connectivity index (χ0v) is 13.6. The van der Waals surface area contributed by atoms with Crippen LogP contribution in [0, 0.1) is 5.92 Å². The summed E-state index contributed by atoms with van der Waals surface area (Å²) in [6, 6.07) is 6.85. The van der Waals surface area contributed by atoms with Gasteiger partial charge < -0.3 is 13.8 Å². The minimum atomic E-state index is -3.60. The van der Waals surface area contributed by atoms with Gasteiger partial charge in [-0.05, 0) is 24.8 Å². The second kappa shape index (κ2) is 7.11. The molecule has 1 amide bonds. The second-order valence-corrected chi connectivity index (χ2v) is 7.12. The molecule has 0 radical (unpaired) electrons. The zero-order valence-electron chi connectivity index (χ0n) is 12.8. The van der Waals surface area contributed by atoms with Crippen LogP contribution in [0.1, 0.15) is 18.4 Å². The van der Waals surface area contributed by atoms with Crippen LogP contribution in [-0.4, -0.2) is 45.7 Å². The molecule has 0 N–H and O–H groups in total. The predicted molar refractivity (Wildman–Crippen MR) is 81.9 cm³/mol. The first kappa shape index (κ1) is 16.8. The van der Waals surface area contributed by atoms with E-state index in [1.54, 1.807) is 29.2 Å². The van der Waals surface area contributed by atoms with Crippen molar-refractivity contribution in [3.8, 4) is 5.75 Å². The van der Waals surface area contributed by atoms with E-state index in [0.29, 0.717) is 24.6 Å². The third-order valence-electron chi connectivity index (χ3n) is 3.37. The van der Waals surface area contributed by atoms with Crippen LogP contribution < -0.4 is 4.18 Å². The molecule has 1 saturated carbocycles. The smallest absolute Gasteiger partial charge is 0.306 e. The highest BCUT2D eigenvalue weighted by atomic mass is 32.2. The van der Waals surface area contributed by atoms with Crippen LogP contribution in [0.4, 0.5) is 0 Å². The van der Waals surface area contributed by atoms with Crippen molar-refractivity contribution in [2.24, 2.45) is 5.92 Å². The van der Waals surface area contributed by atoms with Crippen molar-refractivity contribution in [3.05, 3.63) is 29.8 Å². The molecule has 1 fully saturated rings. The number of amides is 1. The van der Waals surface area contributed by atoms with Gasteiger partial charge in [-0.25, -0.2) is 0 Å². The molecule has 0 atom stereocenters. The molecule has 122 valence electrons. The summed E-state index contributed by atoms with van der Waals surface area (Å²) in [5, 5.41) is 0. The van der Waals surface area contributed by atoms with E-state index < -0.39 is 10.1 Å². The van der Waals surface area contributed by atoms with E-state index in [1.165, 1.54) is 7.11 Å². The minimum absolute atomic E-state index is 0.0157. The van der Waals surface area contributed by atoms with Crippen LogP contribution >= 0.6 is 0 Å². The van der Waals surface area contributed by atoms with Gasteiger partial charge in [0.25, 0.3) is 0 Å². The lowest BCUT2D eigenvalue weighted by atomic mass is 10.2. The Bertz CT molecular complexity index is 625.